The van der Waals surface area contributed by atoms with Crippen LogP contribution in [0.3, 0.4) is 0 Å². The fourth-order valence-corrected chi connectivity index (χ4v) is 1.88. The molecule has 0 atom stereocenters. The minimum atomic E-state index is -0.159. The van der Waals surface area contributed by atoms with Gasteiger partial charge in [-0.25, -0.2) is 9.97 Å². The van der Waals surface area contributed by atoms with Crippen molar-refractivity contribution in [2.45, 2.75) is 13.8 Å². The van der Waals surface area contributed by atoms with E-state index in [1.54, 1.807) is 12.1 Å². The quantitative estimate of drug-likeness (QED) is 0.729. The van der Waals surface area contributed by atoms with Crippen molar-refractivity contribution >= 4 is 17.4 Å². The minimum absolute atomic E-state index is 0.0547. The molecule has 0 aromatic carbocycles. The molecule has 0 bridgehead atoms. The van der Waals surface area contributed by atoms with Crippen molar-refractivity contribution in [1.29, 1.82) is 0 Å². The zero-order valence-electron chi connectivity index (χ0n) is 11.1. The van der Waals surface area contributed by atoms with Gasteiger partial charge in [-0.1, -0.05) is 13.8 Å². The van der Waals surface area contributed by atoms with Crippen molar-refractivity contribution in [3.63, 3.8) is 0 Å². The van der Waals surface area contributed by atoms with Crippen LogP contribution in [-0.4, -0.2) is 25.4 Å². The minimum Gasteiger partial charge on any atom is -0.461 e. The third kappa shape index (κ3) is 1.83. The van der Waals surface area contributed by atoms with Gasteiger partial charge in [-0.2, -0.15) is 4.52 Å². The molecule has 0 fully saturated rings. The molecule has 0 aliphatic carbocycles. The second-order valence-electron chi connectivity index (χ2n) is 4.70. The van der Waals surface area contributed by atoms with Crippen LogP contribution >= 0.6 is 0 Å². The Bertz CT molecular complexity index is 774. The highest BCUT2D eigenvalue weighted by Gasteiger charge is 2.20. The summed E-state index contributed by atoms with van der Waals surface area (Å²) >= 11 is 0. The topological polar surface area (TPSA) is 99.3 Å². The number of furan rings is 1. The second kappa shape index (κ2) is 4.44. The first-order valence-corrected chi connectivity index (χ1v) is 6.17. The number of carbonyl (C=O) groups excluding carboxylic acids is 1. The molecular weight excluding hydrogens is 258 g/mol. The molecular formula is C13H13N5O2. The van der Waals surface area contributed by atoms with E-state index >= 15 is 0 Å². The molecule has 3 heterocycles. The van der Waals surface area contributed by atoms with Crippen LogP contribution in [0.1, 0.15) is 24.2 Å². The first kappa shape index (κ1) is 12.3. The van der Waals surface area contributed by atoms with Gasteiger partial charge in [0, 0.05) is 12.1 Å². The van der Waals surface area contributed by atoms with Gasteiger partial charge in [-0.3, -0.25) is 4.79 Å². The van der Waals surface area contributed by atoms with E-state index in [1.807, 2.05) is 13.8 Å². The van der Waals surface area contributed by atoms with Crippen molar-refractivity contribution in [2.75, 3.05) is 5.73 Å². The Morgan fingerprint density at radius 2 is 2.25 bits per heavy atom. The van der Waals surface area contributed by atoms with Crippen molar-refractivity contribution in [3.05, 3.63) is 30.2 Å². The maximum Gasteiger partial charge on any atom is 0.223 e. The normalized spacial score (nSPS) is 11.3. The van der Waals surface area contributed by atoms with Crippen LogP contribution < -0.4 is 5.73 Å². The number of nitrogens with zero attached hydrogens (tertiary/aromatic N) is 4. The third-order valence-electron chi connectivity index (χ3n) is 2.92. The highest BCUT2D eigenvalue weighted by atomic mass is 16.3. The fraction of sp³-hybridized carbons (Fsp3) is 0.231. The fourth-order valence-electron chi connectivity index (χ4n) is 1.88. The Morgan fingerprint density at radius 3 is 2.90 bits per heavy atom. The summed E-state index contributed by atoms with van der Waals surface area (Å²) < 4.78 is 6.61. The van der Waals surface area contributed by atoms with Crippen LogP contribution in [-0.2, 0) is 0 Å². The van der Waals surface area contributed by atoms with Crippen LogP contribution in [0.4, 0.5) is 5.95 Å². The molecule has 7 nitrogen and oxygen atoms in total. The number of hydrogen-bond donors (Lipinski definition) is 1. The van der Waals surface area contributed by atoms with E-state index in [1.165, 1.54) is 17.0 Å². The molecule has 0 saturated carbocycles. The van der Waals surface area contributed by atoms with Gasteiger partial charge in [0.1, 0.15) is 0 Å². The van der Waals surface area contributed by atoms with E-state index in [0.717, 1.165) is 0 Å². The number of Topliss-reactive ketones (excluding diaryl/α,β-unsaturated/α-hetero) is 1. The molecule has 3 aromatic rings. The number of hydrogen-bond acceptors (Lipinski definition) is 6. The number of anilines is 1. The maximum absolute atomic E-state index is 12.2. The second-order valence-corrected chi connectivity index (χ2v) is 4.70. The maximum atomic E-state index is 12.2. The molecule has 0 aliphatic heterocycles. The van der Waals surface area contributed by atoms with E-state index in [-0.39, 0.29) is 17.6 Å². The molecule has 3 rings (SSSR count). The molecule has 3 aromatic heterocycles. The van der Waals surface area contributed by atoms with Crippen molar-refractivity contribution in [3.8, 4) is 11.6 Å². The third-order valence-corrected chi connectivity index (χ3v) is 2.92. The van der Waals surface area contributed by atoms with Crippen LogP contribution in [0.15, 0.2) is 29.0 Å². The summed E-state index contributed by atoms with van der Waals surface area (Å²) in [5.74, 6) is 0.836. The Hall–Kier alpha value is -2.70. The lowest BCUT2D eigenvalue weighted by atomic mass is 10.0. The average Bonchev–Trinajstić information content (AvgIpc) is 3.07. The molecule has 20 heavy (non-hydrogen) atoms. The molecule has 0 spiro atoms. The van der Waals surface area contributed by atoms with Crippen LogP contribution in [0.25, 0.3) is 17.2 Å². The van der Waals surface area contributed by atoms with Gasteiger partial charge in [0.2, 0.25) is 11.8 Å². The molecule has 0 unspecified atom stereocenters. The Kier molecular flexibility index (Phi) is 2.74. The number of carbonyl (C=O) groups is 1. The van der Waals surface area contributed by atoms with Crippen molar-refractivity contribution in [1.82, 2.24) is 19.6 Å². The number of rotatable bonds is 3. The van der Waals surface area contributed by atoms with Gasteiger partial charge < -0.3 is 10.2 Å². The zero-order valence-corrected chi connectivity index (χ0v) is 11.1. The Balaban J connectivity index is 2.24. The van der Waals surface area contributed by atoms with Crippen LogP contribution in [0, 0.1) is 5.92 Å². The predicted octanol–water partition coefficient (Wildman–Crippen LogP) is 1.81. The summed E-state index contributed by atoms with van der Waals surface area (Å²) in [6, 6.07) is 3.48. The number of nitrogens with two attached hydrogens (primary N) is 1. The van der Waals surface area contributed by atoms with Crippen molar-refractivity contribution < 1.29 is 9.21 Å². The standard InChI is InChI=1S/C13H13N5O2/c1-7(2)10(19)8-6-15-13(14)18-12(8)16-11(17-18)9-4-3-5-20-9/h3-7H,1-2H3,(H2,14,15). The van der Waals surface area contributed by atoms with Gasteiger partial charge in [0.25, 0.3) is 0 Å². The summed E-state index contributed by atoms with van der Waals surface area (Å²) in [4.78, 5) is 20.5. The van der Waals surface area contributed by atoms with Gasteiger partial charge in [-0.05, 0) is 12.1 Å². The van der Waals surface area contributed by atoms with E-state index in [2.05, 4.69) is 15.1 Å². The summed E-state index contributed by atoms with van der Waals surface area (Å²) in [5.41, 5.74) is 6.57. The average molecular weight is 271 g/mol. The molecule has 0 aliphatic rings. The molecule has 0 radical (unpaired) electrons. The monoisotopic (exact) mass is 271 g/mol. The highest BCUT2D eigenvalue weighted by Crippen LogP contribution is 2.21. The number of fused-ring (bicyclic) bond motifs is 1. The van der Waals surface area contributed by atoms with Crippen LogP contribution in [0.2, 0.25) is 0 Å². The summed E-state index contributed by atoms with van der Waals surface area (Å²) in [5, 5.41) is 4.23. The number of aromatic nitrogens is 4. The zero-order chi connectivity index (χ0) is 14.3. The molecule has 2 N–H and O–H groups in total. The summed E-state index contributed by atoms with van der Waals surface area (Å²) in [7, 11) is 0. The smallest absolute Gasteiger partial charge is 0.223 e. The van der Waals surface area contributed by atoms with Gasteiger partial charge >= 0.3 is 0 Å². The summed E-state index contributed by atoms with van der Waals surface area (Å²) in [6.07, 6.45) is 2.97. The first-order valence-electron chi connectivity index (χ1n) is 6.17. The number of nitrogen functional groups attached to an aromatic ring is 1. The Morgan fingerprint density at radius 1 is 1.45 bits per heavy atom. The van der Waals surface area contributed by atoms with E-state index < -0.39 is 0 Å². The molecule has 0 amide bonds. The van der Waals surface area contributed by atoms with Crippen molar-refractivity contribution in [2.24, 2.45) is 5.92 Å². The van der Waals surface area contributed by atoms with E-state index in [9.17, 15) is 4.79 Å². The van der Waals surface area contributed by atoms with E-state index in [4.69, 9.17) is 10.2 Å². The lowest BCUT2D eigenvalue weighted by molar-refractivity contribution is 0.0940. The predicted molar refractivity (Wildman–Crippen MR) is 72.1 cm³/mol. The van der Waals surface area contributed by atoms with Gasteiger partial charge in [-0.15, -0.1) is 5.10 Å². The molecule has 102 valence electrons. The summed E-state index contributed by atoms with van der Waals surface area (Å²) in [6.45, 7) is 3.64. The lowest BCUT2D eigenvalue weighted by Crippen LogP contribution is -2.12. The molecule has 7 heteroatoms. The lowest BCUT2D eigenvalue weighted by Gasteiger charge is -2.05. The van der Waals surface area contributed by atoms with Gasteiger partial charge in [0.05, 0.1) is 11.8 Å². The van der Waals surface area contributed by atoms with Gasteiger partial charge in [0.15, 0.2) is 17.2 Å². The Labute approximate surface area is 114 Å². The first-order chi connectivity index (χ1) is 9.58. The van der Waals surface area contributed by atoms with Crippen LogP contribution in [0.5, 0.6) is 0 Å². The highest BCUT2D eigenvalue weighted by molar-refractivity contribution is 6.02. The number of ketones is 1. The SMILES string of the molecule is CC(C)C(=O)c1cnc(N)n2nc(-c3ccco3)nc12. The largest absolute Gasteiger partial charge is 0.461 e. The van der Waals surface area contributed by atoms with E-state index in [0.29, 0.717) is 22.8 Å². The molecule has 0 saturated heterocycles.